The monoisotopic (exact) mass is 299 g/mol. The van der Waals surface area contributed by atoms with Crippen LogP contribution in [-0.2, 0) is 4.79 Å². The molecule has 0 saturated heterocycles. The maximum Gasteiger partial charge on any atom is 0.267 e. The molecule has 22 heavy (non-hydrogen) atoms. The summed E-state index contributed by atoms with van der Waals surface area (Å²) in [6.07, 6.45) is 0. The highest BCUT2D eigenvalue weighted by atomic mass is 16.2. The van der Waals surface area contributed by atoms with Gasteiger partial charge in [0.1, 0.15) is 6.04 Å². The summed E-state index contributed by atoms with van der Waals surface area (Å²) < 4.78 is 1.14. The highest BCUT2D eigenvalue weighted by Gasteiger charge is 2.17. The van der Waals surface area contributed by atoms with Gasteiger partial charge in [-0.25, -0.2) is 4.68 Å². The molecule has 0 saturated carbocycles. The van der Waals surface area contributed by atoms with Gasteiger partial charge in [-0.3, -0.25) is 14.4 Å². The smallest absolute Gasteiger partial charge is 0.267 e. The van der Waals surface area contributed by atoms with Crippen molar-refractivity contribution in [1.29, 1.82) is 0 Å². The Hall–Kier alpha value is -2.76. The van der Waals surface area contributed by atoms with Crippen LogP contribution in [0.2, 0.25) is 0 Å². The molecule has 0 spiro atoms. The molecule has 0 aliphatic rings. The Balaban J connectivity index is 2.21. The first-order chi connectivity index (χ1) is 10.4. The number of hydrogen-bond donors (Lipinski definition) is 1. The zero-order valence-electron chi connectivity index (χ0n) is 12.7. The molecule has 0 radical (unpaired) electrons. The molecular weight excluding hydrogens is 282 g/mol. The van der Waals surface area contributed by atoms with Crippen LogP contribution in [0.25, 0.3) is 0 Å². The van der Waals surface area contributed by atoms with Crippen LogP contribution in [-0.4, -0.2) is 21.5 Å². The van der Waals surface area contributed by atoms with E-state index in [2.05, 4.69) is 10.4 Å². The maximum atomic E-state index is 12.3. The van der Waals surface area contributed by atoms with Crippen LogP contribution in [0.3, 0.4) is 0 Å². The second-order valence-corrected chi connectivity index (χ2v) is 5.06. The third kappa shape index (κ3) is 3.46. The largest absolute Gasteiger partial charge is 0.324 e. The summed E-state index contributed by atoms with van der Waals surface area (Å²) in [6.45, 7) is 4.80. The lowest BCUT2D eigenvalue weighted by Crippen LogP contribution is -2.33. The van der Waals surface area contributed by atoms with Crippen molar-refractivity contribution in [3.8, 4) is 0 Å². The van der Waals surface area contributed by atoms with Crippen LogP contribution in [0, 0.1) is 6.92 Å². The van der Waals surface area contributed by atoms with Gasteiger partial charge >= 0.3 is 0 Å². The number of ketones is 1. The molecule has 0 aliphatic heterocycles. The number of amides is 1. The molecule has 0 aliphatic carbocycles. The van der Waals surface area contributed by atoms with Crippen molar-refractivity contribution in [2.75, 3.05) is 5.32 Å². The zero-order chi connectivity index (χ0) is 16.3. The topological polar surface area (TPSA) is 81.1 Å². The number of aromatic nitrogens is 2. The van der Waals surface area contributed by atoms with Crippen LogP contribution < -0.4 is 10.9 Å². The van der Waals surface area contributed by atoms with Crippen LogP contribution >= 0.6 is 0 Å². The number of nitrogens with zero attached hydrogens (tertiary/aromatic N) is 2. The van der Waals surface area contributed by atoms with Gasteiger partial charge in [0.15, 0.2) is 5.78 Å². The van der Waals surface area contributed by atoms with Gasteiger partial charge in [0.2, 0.25) is 5.91 Å². The molecule has 2 aromatic rings. The van der Waals surface area contributed by atoms with Crippen molar-refractivity contribution in [3.63, 3.8) is 0 Å². The fourth-order valence-corrected chi connectivity index (χ4v) is 1.97. The first kappa shape index (κ1) is 15.6. The van der Waals surface area contributed by atoms with Crippen LogP contribution in [0.1, 0.15) is 35.9 Å². The lowest BCUT2D eigenvalue weighted by Gasteiger charge is -2.14. The number of Topliss-reactive ketones (excluding diaryl/α,β-unsaturated/α-hetero) is 1. The van der Waals surface area contributed by atoms with Crippen LogP contribution in [0.5, 0.6) is 0 Å². The molecule has 6 heteroatoms. The van der Waals surface area contributed by atoms with Crippen molar-refractivity contribution in [2.45, 2.75) is 26.8 Å². The Kier molecular flexibility index (Phi) is 4.50. The van der Waals surface area contributed by atoms with E-state index >= 15 is 0 Å². The van der Waals surface area contributed by atoms with Gasteiger partial charge in [-0.1, -0.05) is 12.1 Å². The summed E-state index contributed by atoms with van der Waals surface area (Å²) in [5, 5.41) is 6.76. The molecule has 2 rings (SSSR count). The molecule has 1 aromatic carbocycles. The highest BCUT2D eigenvalue weighted by molar-refractivity contribution is 5.97. The number of carbonyl (C=O) groups excluding carboxylic acids is 2. The number of benzene rings is 1. The number of rotatable bonds is 4. The van der Waals surface area contributed by atoms with Gasteiger partial charge in [-0.2, -0.15) is 5.10 Å². The van der Waals surface area contributed by atoms with Gasteiger partial charge in [-0.15, -0.1) is 0 Å². The quantitative estimate of drug-likeness (QED) is 0.875. The summed E-state index contributed by atoms with van der Waals surface area (Å²) >= 11 is 0. The van der Waals surface area contributed by atoms with E-state index in [-0.39, 0.29) is 17.2 Å². The van der Waals surface area contributed by atoms with Crippen molar-refractivity contribution in [2.24, 2.45) is 0 Å². The Morgan fingerprint density at radius 3 is 2.64 bits per heavy atom. The fourth-order valence-electron chi connectivity index (χ4n) is 1.97. The van der Waals surface area contributed by atoms with E-state index in [1.807, 2.05) is 0 Å². The number of hydrogen-bond acceptors (Lipinski definition) is 4. The third-order valence-electron chi connectivity index (χ3n) is 3.24. The van der Waals surface area contributed by atoms with E-state index in [9.17, 15) is 14.4 Å². The van der Waals surface area contributed by atoms with Gasteiger partial charge in [0.25, 0.3) is 5.56 Å². The van der Waals surface area contributed by atoms with E-state index in [4.69, 9.17) is 0 Å². The molecule has 0 fully saturated rings. The Morgan fingerprint density at radius 2 is 1.95 bits per heavy atom. The molecule has 114 valence electrons. The number of anilines is 1. The van der Waals surface area contributed by atoms with Crippen molar-refractivity contribution < 1.29 is 9.59 Å². The van der Waals surface area contributed by atoms with Crippen molar-refractivity contribution in [3.05, 3.63) is 58.0 Å². The molecule has 6 nitrogen and oxygen atoms in total. The Bertz CT molecular complexity index is 780. The molecule has 1 atom stereocenters. The van der Waals surface area contributed by atoms with Gasteiger partial charge in [0.05, 0.1) is 5.69 Å². The summed E-state index contributed by atoms with van der Waals surface area (Å²) in [4.78, 5) is 35.4. The number of aryl methyl sites for hydroxylation is 1. The van der Waals surface area contributed by atoms with Crippen LogP contribution in [0.4, 0.5) is 5.69 Å². The molecule has 1 unspecified atom stereocenters. The molecule has 0 bridgehead atoms. The highest BCUT2D eigenvalue weighted by Crippen LogP contribution is 2.13. The molecule has 1 aromatic heterocycles. The summed E-state index contributed by atoms with van der Waals surface area (Å²) in [7, 11) is 0. The average Bonchev–Trinajstić information content (AvgIpc) is 2.49. The minimum atomic E-state index is -0.756. The second kappa shape index (κ2) is 6.34. The zero-order valence-corrected chi connectivity index (χ0v) is 12.7. The standard InChI is InChI=1S/C16H17N3O3/c1-10-7-8-15(21)19(18-10)11(2)16(22)17-14-6-4-5-13(9-14)12(3)20/h4-9,11H,1-3H3,(H,17,22). The fraction of sp³-hybridized carbons (Fsp3) is 0.250. The first-order valence-electron chi connectivity index (χ1n) is 6.87. The minimum absolute atomic E-state index is 0.0827. The summed E-state index contributed by atoms with van der Waals surface area (Å²) in [5.41, 5.74) is 1.32. The first-order valence-corrected chi connectivity index (χ1v) is 6.87. The lowest BCUT2D eigenvalue weighted by molar-refractivity contribution is -0.119. The second-order valence-electron chi connectivity index (χ2n) is 5.06. The van der Waals surface area contributed by atoms with Crippen molar-refractivity contribution >= 4 is 17.4 Å². The van der Waals surface area contributed by atoms with E-state index in [1.165, 1.54) is 13.0 Å². The number of carbonyl (C=O) groups is 2. The minimum Gasteiger partial charge on any atom is -0.324 e. The van der Waals surface area contributed by atoms with Gasteiger partial charge < -0.3 is 5.32 Å². The SMILES string of the molecule is CC(=O)c1cccc(NC(=O)C(C)n2nc(C)ccc2=O)c1. The summed E-state index contributed by atoms with van der Waals surface area (Å²) in [5.74, 6) is -0.457. The molecule has 1 N–H and O–H groups in total. The average molecular weight is 299 g/mol. The van der Waals surface area contributed by atoms with E-state index < -0.39 is 6.04 Å². The third-order valence-corrected chi connectivity index (χ3v) is 3.24. The molecule has 1 amide bonds. The molecular formula is C16H17N3O3. The molecule has 1 heterocycles. The Labute approximate surface area is 127 Å². The number of nitrogens with one attached hydrogen (secondary N) is 1. The van der Waals surface area contributed by atoms with Crippen molar-refractivity contribution in [1.82, 2.24) is 9.78 Å². The van der Waals surface area contributed by atoms with E-state index in [1.54, 1.807) is 44.2 Å². The predicted molar refractivity (Wildman–Crippen MR) is 83.0 cm³/mol. The lowest BCUT2D eigenvalue weighted by atomic mass is 10.1. The normalized spacial score (nSPS) is 11.8. The predicted octanol–water partition coefficient (Wildman–Crippen LogP) is 1.95. The van der Waals surface area contributed by atoms with E-state index in [0.29, 0.717) is 16.9 Å². The van der Waals surface area contributed by atoms with Crippen LogP contribution in [0.15, 0.2) is 41.2 Å². The summed E-state index contributed by atoms with van der Waals surface area (Å²) in [6, 6.07) is 8.86. The van der Waals surface area contributed by atoms with Gasteiger partial charge in [0, 0.05) is 17.3 Å². The Morgan fingerprint density at radius 1 is 1.23 bits per heavy atom. The van der Waals surface area contributed by atoms with E-state index in [0.717, 1.165) is 4.68 Å². The maximum absolute atomic E-state index is 12.3. The van der Waals surface area contributed by atoms with Gasteiger partial charge in [-0.05, 0) is 39.0 Å².